The predicted octanol–water partition coefficient (Wildman–Crippen LogP) is 2.83. The van der Waals surface area contributed by atoms with Gasteiger partial charge in [-0.1, -0.05) is 18.2 Å². The van der Waals surface area contributed by atoms with E-state index in [0.29, 0.717) is 5.69 Å². The number of benzene rings is 1. The molecule has 5 heteroatoms. The Bertz CT molecular complexity index is 561. The largest absolute Gasteiger partial charge is 0.479 e. The molecule has 1 aliphatic heterocycles. The summed E-state index contributed by atoms with van der Waals surface area (Å²) in [7, 11) is 0. The van der Waals surface area contributed by atoms with Gasteiger partial charge in [-0.3, -0.25) is 4.90 Å². The van der Waals surface area contributed by atoms with E-state index in [1.807, 2.05) is 12.1 Å². The molecule has 5 nitrogen and oxygen atoms in total. The molecule has 2 rings (SSSR count). The van der Waals surface area contributed by atoms with Crippen LogP contribution in [-0.2, 0) is 16.0 Å². The molecular weight excluding hydrogens is 258 g/mol. The zero-order valence-corrected chi connectivity index (χ0v) is 12.1. The first-order valence-corrected chi connectivity index (χ1v) is 6.50. The molecule has 0 bridgehead atoms. The van der Waals surface area contributed by atoms with E-state index in [2.05, 4.69) is 0 Å². The van der Waals surface area contributed by atoms with E-state index in [4.69, 9.17) is 4.74 Å². The molecule has 1 amide bonds. The first kappa shape index (κ1) is 14.4. The minimum Gasteiger partial charge on any atom is -0.479 e. The highest BCUT2D eigenvalue weighted by atomic mass is 16.6. The molecule has 1 aromatic rings. The summed E-state index contributed by atoms with van der Waals surface area (Å²) in [4.78, 5) is 25.3. The third-order valence-corrected chi connectivity index (χ3v) is 3.30. The molecule has 0 saturated heterocycles. The van der Waals surface area contributed by atoms with Crippen LogP contribution in [0.2, 0.25) is 0 Å². The van der Waals surface area contributed by atoms with Crippen LogP contribution >= 0.6 is 0 Å². The van der Waals surface area contributed by atoms with Gasteiger partial charge in [-0.15, -0.1) is 0 Å². The minimum atomic E-state index is -1.31. The Labute approximate surface area is 118 Å². The number of para-hydroxylation sites is 1. The molecule has 108 valence electrons. The Balaban J connectivity index is 2.45. The number of ether oxygens (including phenoxy) is 1. The zero-order chi connectivity index (χ0) is 15.1. The second kappa shape index (κ2) is 4.51. The molecule has 0 spiro atoms. The van der Waals surface area contributed by atoms with Gasteiger partial charge in [0.05, 0.1) is 5.69 Å². The molecule has 0 fully saturated rings. The molecule has 1 atom stereocenters. The summed E-state index contributed by atoms with van der Waals surface area (Å²) in [6.45, 7) is 6.81. The van der Waals surface area contributed by atoms with Crippen LogP contribution in [0.3, 0.4) is 0 Å². The molecule has 0 aliphatic carbocycles. The lowest BCUT2D eigenvalue weighted by atomic mass is 9.97. The van der Waals surface area contributed by atoms with E-state index < -0.39 is 23.2 Å². The number of carboxylic acid groups (broad SMARTS) is 1. The average molecular weight is 277 g/mol. The van der Waals surface area contributed by atoms with E-state index in [-0.39, 0.29) is 6.42 Å². The number of anilines is 1. The molecule has 0 radical (unpaired) electrons. The third-order valence-electron chi connectivity index (χ3n) is 3.30. The lowest BCUT2D eigenvalue weighted by Gasteiger charge is -2.33. The van der Waals surface area contributed by atoms with E-state index >= 15 is 0 Å². The zero-order valence-electron chi connectivity index (χ0n) is 12.1. The molecule has 0 aromatic heterocycles. The highest BCUT2D eigenvalue weighted by molar-refractivity contribution is 6.01. The van der Waals surface area contributed by atoms with Crippen LogP contribution in [0, 0.1) is 0 Å². The fourth-order valence-electron chi connectivity index (χ4n) is 2.37. The van der Waals surface area contributed by atoms with Gasteiger partial charge in [0.15, 0.2) is 0 Å². The second-order valence-electron chi connectivity index (χ2n) is 6.20. The van der Waals surface area contributed by atoms with Gasteiger partial charge < -0.3 is 9.84 Å². The van der Waals surface area contributed by atoms with E-state index in [0.717, 1.165) is 5.56 Å². The Hall–Kier alpha value is -2.04. The monoisotopic (exact) mass is 277 g/mol. The number of rotatable bonds is 1. The standard InChI is InChI=1S/C15H19NO4/c1-14(2,3)20-13(19)16-11-8-6-5-7-10(11)9-15(16,4)12(17)18/h5-8H,9H2,1-4H3,(H,17,18)/t15-/m1/s1. The maximum absolute atomic E-state index is 12.4. The number of fused-ring (bicyclic) bond motifs is 1. The number of hydrogen-bond donors (Lipinski definition) is 1. The lowest BCUT2D eigenvalue weighted by Crippen LogP contribution is -2.54. The van der Waals surface area contributed by atoms with Gasteiger partial charge in [0.2, 0.25) is 0 Å². The molecule has 0 saturated carbocycles. The van der Waals surface area contributed by atoms with Gasteiger partial charge >= 0.3 is 12.1 Å². The molecule has 1 aliphatic rings. The normalized spacial score (nSPS) is 21.5. The van der Waals surface area contributed by atoms with Crippen LogP contribution in [0.25, 0.3) is 0 Å². The van der Waals surface area contributed by atoms with Crippen LogP contribution in [-0.4, -0.2) is 28.3 Å². The van der Waals surface area contributed by atoms with Crippen LogP contribution in [0.1, 0.15) is 33.3 Å². The summed E-state index contributed by atoms with van der Waals surface area (Å²) < 4.78 is 5.35. The van der Waals surface area contributed by atoms with Gasteiger partial charge in [0.25, 0.3) is 0 Å². The van der Waals surface area contributed by atoms with Crippen molar-refractivity contribution in [2.24, 2.45) is 0 Å². The van der Waals surface area contributed by atoms with Crippen molar-refractivity contribution in [1.82, 2.24) is 0 Å². The molecule has 1 aromatic carbocycles. The molecule has 20 heavy (non-hydrogen) atoms. The highest BCUT2D eigenvalue weighted by Gasteiger charge is 2.50. The Morgan fingerprint density at radius 3 is 2.45 bits per heavy atom. The summed E-state index contributed by atoms with van der Waals surface area (Å²) in [5.41, 5.74) is -0.546. The fourth-order valence-corrected chi connectivity index (χ4v) is 2.37. The summed E-state index contributed by atoms with van der Waals surface area (Å²) in [5.74, 6) is -1.04. The maximum Gasteiger partial charge on any atom is 0.415 e. The third kappa shape index (κ3) is 2.35. The molecule has 0 unspecified atom stereocenters. The van der Waals surface area contributed by atoms with Crippen LogP contribution < -0.4 is 4.90 Å². The summed E-state index contributed by atoms with van der Waals surface area (Å²) >= 11 is 0. The van der Waals surface area contributed by atoms with Crippen molar-refractivity contribution in [2.45, 2.75) is 45.3 Å². The predicted molar refractivity (Wildman–Crippen MR) is 74.9 cm³/mol. The second-order valence-corrected chi connectivity index (χ2v) is 6.20. The summed E-state index contributed by atoms with van der Waals surface area (Å²) in [6, 6.07) is 7.19. The lowest BCUT2D eigenvalue weighted by molar-refractivity contribution is -0.142. The van der Waals surface area contributed by atoms with Crippen molar-refractivity contribution < 1.29 is 19.4 Å². The quantitative estimate of drug-likeness (QED) is 0.857. The van der Waals surface area contributed by atoms with Crippen molar-refractivity contribution in [3.05, 3.63) is 29.8 Å². The van der Waals surface area contributed by atoms with E-state index in [9.17, 15) is 14.7 Å². The fraction of sp³-hybridized carbons (Fsp3) is 0.467. The Morgan fingerprint density at radius 2 is 1.90 bits per heavy atom. The maximum atomic E-state index is 12.4. The number of carbonyl (C=O) groups is 2. The van der Waals surface area contributed by atoms with Gasteiger partial charge in [-0.2, -0.15) is 0 Å². The average Bonchev–Trinajstić information content (AvgIpc) is 2.60. The SMILES string of the molecule is CC(C)(C)OC(=O)N1c2ccccc2C[C@]1(C)C(=O)O. The summed E-state index contributed by atoms with van der Waals surface area (Å²) in [6.07, 6.45) is -0.357. The van der Waals surface area contributed by atoms with Crippen molar-refractivity contribution in [3.63, 3.8) is 0 Å². The number of nitrogens with zero attached hydrogens (tertiary/aromatic N) is 1. The Kier molecular flexibility index (Phi) is 3.24. The number of carboxylic acids is 1. The van der Waals surface area contributed by atoms with Gasteiger partial charge in [-0.25, -0.2) is 9.59 Å². The van der Waals surface area contributed by atoms with Crippen LogP contribution in [0.4, 0.5) is 10.5 Å². The number of hydrogen-bond acceptors (Lipinski definition) is 3. The molecular formula is C15H19NO4. The van der Waals surface area contributed by atoms with Crippen LogP contribution in [0.15, 0.2) is 24.3 Å². The number of carbonyl (C=O) groups excluding carboxylic acids is 1. The number of aliphatic carboxylic acids is 1. The van der Waals surface area contributed by atoms with Gasteiger partial charge in [0, 0.05) is 6.42 Å². The number of amides is 1. The van der Waals surface area contributed by atoms with Gasteiger partial charge in [-0.05, 0) is 39.3 Å². The van der Waals surface area contributed by atoms with E-state index in [1.54, 1.807) is 39.8 Å². The smallest absolute Gasteiger partial charge is 0.415 e. The molecule has 1 heterocycles. The van der Waals surface area contributed by atoms with Gasteiger partial charge in [0.1, 0.15) is 11.1 Å². The highest BCUT2D eigenvalue weighted by Crippen LogP contribution is 2.39. The van der Waals surface area contributed by atoms with Crippen LogP contribution in [0.5, 0.6) is 0 Å². The Morgan fingerprint density at radius 1 is 1.30 bits per heavy atom. The topological polar surface area (TPSA) is 66.8 Å². The first-order valence-electron chi connectivity index (χ1n) is 6.50. The summed E-state index contributed by atoms with van der Waals surface area (Å²) in [5, 5.41) is 9.51. The molecule has 1 N–H and O–H groups in total. The van der Waals surface area contributed by atoms with Crippen molar-refractivity contribution in [1.29, 1.82) is 0 Å². The van der Waals surface area contributed by atoms with E-state index in [1.165, 1.54) is 4.90 Å². The van der Waals surface area contributed by atoms with Crippen molar-refractivity contribution in [3.8, 4) is 0 Å². The van der Waals surface area contributed by atoms with Crippen molar-refractivity contribution in [2.75, 3.05) is 4.90 Å². The van der Waals surface area contributed by atoms with Crippen molar-refractivity contribution >= 4 is 17.7 Å². The first-order chi connectivity index (χ1) is 9.15. The minimum absolute atomic E-state index is 0.276.